The number of benzene rings is 1. The van der Waals surface area contributed by atoms with Crippen LogP contribution in [0.1, 0.15) is 43.4 Å². The maximum absolute atomic E-state index is 5.95. The van der Waals surface area contributed by atoms with Gasteiger partial charge in [-0.3, -0.25) is 0 Å². The highest BCUT2D eigenvalue weighted by atomic mass is 79.9. The zero-order valence-corrected chi connectivity index (χ0v) is 14.4. The van der Waals surface area contributed by atoms with E-state index in [1.807, 2.05) is 24.3 Å². The predicted octanol–water partition coefficient (Wildman–Crippen LogP) is 4.70. The molecule has 1 heterocycles. The van der Waals surface area contributed by atoms with Crippen molar-refractivity contribution in [1.29, 1.82) is 0 Å². The number of halogens is 1. The smallest absolute Gasteiger partial charge is 0.125 e. The number of ether oxygens (including phenoxy) is 1. The second kappa shape index (κ2) is 7.66. The summed E-state index contributed by atoms with van der Waals surface area (Å²) in [6.07, 6.45) is 1.96. The van der Waals surface area contributed by atoms with E-state index in [-0.39, 0.29) is 6.04 Å². The van der Waals surface area contributed by atoms with Crippen LogP contribution in [0.15, 0.2) is 39.2 Å². The van der Waals surface area contributed by atoms with Crippen LogP contribution in [0.5, 0.6) is 5.75 Å². The molecule has 114 valence electrons. The molecule has 0 fully saturated rings. The fourth-order valence-corrected chi connectivity index (χ4v) is 2.70. The molecule has 1 N–H and O–H groups in total. The van der Waals surface area contributed by atoms with Gasteiger partial charge in [-0.15, -0.1) is 0 Å². The Balaban J connectivity index is 2.41. The van der Waals surface area contributed by atoms with Crippen LogP contribution in [0, 0.1) is 0 Å². The van der Waals surface area contributed by atoms with Gasteiger partial charge in [0.1, 0.15) is 17.3 Å². The Hall–Kier alpha value is -1.26. The summed E-state index contributed by atoms with van der Waals surface area (Å²) >= 11 is 3.54. The first-order valence-electron chi connectivity index (χ1n) is 7.35. The van der Waals surface area contributed by atoms with Gasteiger partial charge in [-0.2, -0.15) is 0 Å². The van der Waals surface area contributed by atoms with Crippen molar-refractivity contribution in [1.82, 2.24) is 5.32 Å². The maximum Gasteiger partial charge on any atom is 0.125 e. The molecule has 1 unspecified atom stereocenters. The summed E-state index contributed by atoms with van der Waals surface area (Å²) in [6, 6.07) is 10.1. The lowest BCUT2D eigenvalue weighted by atomic mass is 10.0. The molecule has 1 atom stereocenters. The molecule has 0 amide bonds. The van der Waals surface area contributed by atoms with E-state index >= 15 is 0 Å². The third kappa shape index (κ3) is 3.89. The quantitative estimate of drug-likeness (QED) is 0.784. The molecular formula is C17H22BrNO2. The van der Waals surface area contributed by atoms with E-state index in [0.717, 1.165) is 46.7 Å². The van der Waals surface area contributed by atoms with Crippen LogP contribution in [0.4, 0.5) is 0 Å². The van der Waals surface area contributed by atoms with Crippen molar-refractivity contribution in [3.8, 4) is 5.75 Å². The zero-order chi connectivity index (χ0) is 15.2. The second-order valence-electron chi connectivity index (χ2n) is 4.93. The van der Waals surface area contributed by atoms with Gasteiger partial charge in [0.05, 0.1) is 13.2 Å². The van der Waals surface area contributed by atoms with Gasteiger partial charge in [-0.1, -0.05) is 29.8 Å². The number of aryl methyl sites for hydroxylation is 1. The molecule has 0 saturated carbocycles. The first-order valence-corrected chi connectivity index (χ1v) is 8.14. The minimum atomic E-state index is -0.00213. The Kier molecular flexibility index (Phi) is 5.88. The van der Waals surface area contributed by atoms with Gasteiger partial charge < -0.3 is 14.5 Å². The molecule has 1 aromatic heterocycles. The van der Waals surface area contributed by atoms with Gasteiger partial charge in [0, 0.05) is 16.5 Å². The summed E-state index contributed by atoms with van der Waals surface area (Å²) < 4.78 is 12.5. The Labute approximate surface area is 134 Å². The lowest BCUT2D eigenvalue weighted by molar-refractivity contribution is 0.386. The van der Waals surface area contributed by atoms with Gasteiger partial charge >= 0.3 is 0 Å². The Morgan fingerprint density at radius 2 is 2.05 bits per heavy atom. The SMILES string of the molecule is CCCNC(c1ccc(CC)o1)c1cc(Br)ccc1OC. The van der Waals surface area contributed by atoms with E-state index in [9.17, 15) is 0 Å². The van der Waals surface area contributed by atoms with E-state index in [1.165, 1.54) is 0 Å². The molecule has 0 radical (unpaired) electrons. The second-order valence-corrected chi connectivity index (χ2v) is 5.85. The number of rotatable bonds is 7. The van der Waals surface area contributed by atoms with Crippen molar-refractivity contribution in [2.75, 3.05) is 13.7 Å². The topological polar surface area (TPSA) is 34.4 Å². The van der Waals surface area contributed by atoms with Crippen LogP contribution in [-0.2, 0) is 6.42 Å². The molecule has 0 spiro atoms. The van der Waals surface area contributed by atoms with Crippen molar-refractivity contribution in [3.63, 3.8) is 0 Å². The third-order valence-electron chi connectivity index (χ3n) is 3.42. The fourth-order valence-electron chi connectivity index (χ4n) is 2.32. The van der Waals surface area contributed by atoms with Crippen LogP contribution in [0.3, 0.4) is 0 Å². The summed E-state index contributed by atoms with van der Waals surface area (Å²) in [6.45, 7) is 5.17. The van der Waals surface area contributed by atoms with Crippen LogP contribution in [-0.4, -0.2) is 13.7 Å². The van der Waals surface area contributed by atoms with E-state index in [4.69, 9.17) is 9.15 Å². The molecule has 3 nitrogen and oxygen atoms in total. The van der Waals surface area contributed by atoms with E-state index < -0.39 is 0 Å². The summed E-state index contributed by atoms with van der Waals surface area (Å²) in [7, 11) is 1.70. The summed E-state index contributed by atoms with van der Waals surface area (Å²) in [5.41, 5.74) is 1.08. The fraction of sp³-hybridized carbons (Fsp3) is 0.412. The van der Waals surface area contributed by atoms with Crippen molar-refractivity contribution < 1.29 is 9.15 Å². The van der Waals surface area contributed by atoms with Gasteiger partial charge in [0.2, 0.25) is 0 Å². The van der Waals surface area contributed by atoms with Gasteiger partial charge in [0.25, 0.3) is 0 Å². The van der Waals surface area contributed by atoms with E-state index in [1.54, 1.807) is 7.11 Å². The van der Waals surface area contributed by atoms with Crippen LogP contribution < -0.4 is 10.1 Å². The largest absolute Gasteiger partial charge is 0.496 e. The monoisotopic (exact) mass is 351 g/mol. The molecule has 0 saturated heterocycles. The van der Waals surface area contributed by atoms with Crippen molar-refractivity contribution >= 4 is 15.9 Å². The third-order valence-corrected chi connectivity index (χ3v) is 3.91. The first kappa shape index (κ1) is 16.1. The van der Waals surface area contributed by atoms with E-state index in [0.29, 0.717) is 0 Å². The van der Waals surface area contributed by atoms with Crippen LogP contribution in [0.2, 0.25) is 0 Å². The number of methoxy groups -OCH3 is 1. The summed E-state index contributed by atoms with van der Waals surface area (Å²) in [4.78, 5) is 0. The van der Waals surface area contributed by atoms with Gasteiger partial charge in [0.15, 0.2) is 0 Å². The molecule has 0 aliphatic carbocycles. The molecule has 21 heavy (non-hydrogen) atoms. The average molecular weight is 352 g/mol. The molecule has 0 aliphatic rings. The predicted molar refractivity (Wildman–Crippen MR) is 88.9 cm³/mol. The van der Waals surface area contributed by atoms with Crippen LogP contribution >= 0.6 is 15.9 Å². The first-order chi connectivity index (χ1) is 10.2. The van der Waals surface area contributed by atoms with Crippen LogP contribution in [0.25, 0.3) is 0 Å². The van der Waals surface area contributed by atoms with Crippen molar-refractivity contribution in [3.05, 3.63) is 51.9 Å². The lowest BCUT2D eigenvalue weighted by Crippen LogP contribution is -2.23. The molecule has 0 bridgehead atoms. The summed E-state index contributed by atoms with van der Waals surface area (Å²) in [5, 5.41) is 3.55. The zero-order valence-electron chi connectivity index (χ0n) is 12.8. The lowest BCUT2D eigenvalue weighted by Gasteiger charge is -2.20. The Bertz CT molecular complexity index is 580. The minimum absolute atomic E-state index is 0.00213. The highest BCUT2D eigenvalue weighted by molar-refractivity contribution is 9.10. The van der Waals surface area contributed by atoms with Crippen molar-refractivity contribution in [2.45, 2.75) is 32.7 Å². The number of hydrogen-bond donors (Lipinski definition) is 1. The molecule has 1 aromatic carbocycles. The number of hydrogen-bond acceptors (Lipinski definition) is 3. The minimum Gasteiger partial charge on any atom is -0.496 e. The standard InChI is InChI=1S/C17H22BrNO2/c1-4-10-19-17(16-9-7-13(5-2)21-16)14-11-12(18)6-8-15(14)20-3/h6-9,11,17,19H,4-5,10H2,1-3H3. The number of nitrogens with one attached hydrogen (secondary N) is 1. The average Bonchev–Trinajstić information content (AvgIpc) is 2.97. The van der Waals surface area contributed by atoms with Gasteiger partial charge in [-0.05, 0) is 43.3 Å². The Morgan fingerprint density at radius 1 is 1.24 bits per heavy atom. The highest BCUT2D eigenvalue weighted by Gasteiger charge is 2.21. The molecule has 4 heteroatoms. The molecule has 0 aliphatic heterocycles. The summed E-state index contributed by atoms with van der Waals surface area (Å²) in [5.74, 6) is 2.79. The highest BCUT2D eigenvalue weighted by Crippen LogP contribution is 2.33. The van der Waals surface area contributed by atoms with Gasteiger partial charge in [-0.25, -0.2) is 0 Å². The molecule has 2 rings (SSSR count). The maximum atomic E-state index is 5.95. The normalized spacial score (nSPS) is 12.4. The molecular weight excluding hydrogens is 330 g/mol. The van der Waals surface area contributed by atoms with Crippen molar-refractivity contribution in [2.24, 2.45) is 0 Å². The molecule has 2 aromatic rings. The number of furan rings is 1. The Morgan fingerprint density at radius 3 is 2.67 bits per heavy atom. The van der Waals surface area contributed by atoms with E-state index in [2.05, 4.69) is 41.2 Å².